The van der Waals surface area contributed by atoms with Crippen molar-refractivity contribution in [1.82, 2.24) is 10.3 Å². The summed E-state index contributed by atoms with van der Waals surface area (Å²) in [6.45, 7) is 5.96. The first kappa shape index (κ1) is 13.6. The highest BCUT2D eigenvalue weighted by molar-refractivity contribution is 5.68. The van der Waals surface area contributed by atoms with Crippen molar-refractivity contribution in [2.24, 2.45) is 0 Å². The van der Waals surface area contributed by atoms with Crippen molar-refractivity contribution >= 4 is 0 Å². The molecule has 0 amide bonds. The molecule has 0 unspecified atom stereocenters. The number of aryl methyl sites for hydroxylation is 1. The van der Waals surface area contributed by atoms with Crippen LogP contribution in [-0.4, -0.2) is 18.6 Å². The standard InChI is InChI=1S/C16H20N2O/c1-4-17-10-14-9-13(5-6-16(14)19-3)15-11-18-8-7-12(15)2/h5-9,11,17H,4,10H2,1-3H3. The molecule has 0 saturated heterocycles. The van der Waals surface area contributed by atoms with Crippen LogP contribution in [0.3, 0.4) is 0 Å². The third-order valence-electron chi connectivity index (χ3n) is 3.20. The van der Waals surface area contributed by atoms with Gasteiger partial charge in [-0.3, -0.25) is 4.98 Å². The summed E-state index contributed by atoms with van der Waals surface area (Å²) in [5, 5.41) is 3.34. The molecule has 1 aromatic carbocycles. The van der Waals surface area contributed by atoms with Crippen LogP contribution < -0.4 is 10.1 Å². The van der Waals surface area contributed by atoms with Gasteiger partial charge < -0.3 is 10.1 Å². The maximum Gasteiger partial charge on any atom is 0.123 e. The molecule has 0 saturated carbocycles. The van der Waals surface area contributed by atoms with E-state index in [1.807, 2.05) is 24.5 Å². The van der Waals surface area contributed by atoms with Gasteiger partial charge in [0.15, 0.2) is 0 Å². The Bertz CT molecular complexity index is 552. The second kappa shape index (κ2) is 6.34. The van der Waals surface area contributed by atoms with Gasteiger partial charge in [-0.05, 0) is 42.8 Å². The average molecular weight is 256 g/mol. The summed E-state index contributed by atoms with van der Waals surface area (Å²) in [5.41, 5.74) is 4.75. The summed E-state index contributed by atoms with van der Waals surface area (Å²) in [5.74, 6) is 0.922. The van der Waals surface area contributed by atoms with Crippen molar-refractivity contribution in [3.63, 3.8) is 0 Å². The van der Waals surface area contributed by atoms with Gasteiger partial charge in [0.1, 0.15) is 5.75 Å². The van der Waals surface area contributed by atoms with E-state index in [4.69, 9.17) is 4.74 Å². The third-order valence-corrected chi connectivity index (χ3v) is 3.20. The largest absolute Gasteiger partial charge is 0.496 e. The minimum atomic E-state index is 0.812. The molecular formula is C16H20N2O. The van der Waals surface area contributed by atoms with Gasteiger partial charge in [0.25, 0.3) is 0 Å². The number of benzene rings is 1. The van der Waals surface area contributed by atoms with Gasteiger partial charge in [-0.2, -0.15) is 0 Å². The fraction of sp³-hybridized carbons (Fsp3) is 0.312. The van der Waals surface area contributed by atoms with E-state index in [0.29, 0.717) is 0 Å². The number of hydrogen-bond donors (Lipinski definition) is 1. The van der Waals surface area contributed by atoms with Crippen LogP contribution in [-0.2, 0) is 6.54 Å². The van der Waals surface area contributed by atoms with Gasteiger partial charge in [0.05, 0.1) is 7.11 Å². The van der Waals surface area contributed by atoms with Crippen LogP contribution >= 0.6 is 0 Å². The van der Waals surface area contributed by atoms with Gasteiger partial charge in [-0.25, -0.2) is 0 Å². The second-order valence-electron chi connectivity index (χ2n) is 4.50. The zero-order valence-corrected chi connectivity index (χ0v) is 11.7. The predicted molar refractivity (Wildman–Crippen MR) is 78.3 cm³/mol. The quantitative estimate of drug-likeness (QED) is 0.892. The maximum absolute atomic E-state index is 5.41. The molecule has 2 aromatic rings. The van der Waals surface area contributed by atoms with E-state index >= 15 is 0 Å². The van der Waals surface area contributed by atoms with E-state index in [1.165, 1.54) is 22.3 Å². The summed E-state index contributed by atoms with van der Waals surface area (Å²) in [6.07, 6.45) is 3.73. The maximum atomic E-state index is 5.41. The van der Waals surface area contributed by atoms with Crippen LogP contribution in [0, 0.1) is 6.92 Å². The Hall–Kier alpha value is -1.87. The SMILES string of the molecule is CCNCc1cc(-c2cnccc2C)ccc1OC. The molecule has 19 heavy (non-hydrogen) atoms. The minimum absolute atomic E-state index is 0.812. The normalized spacial score (nSPS) is 10.5. The lowest BCUT2D eigenvalue weighted by atomic mass is 10.0. The second-order valence-corrected chi connectivity index (χ2v) is 4.50. The molecule has 1 aromatic heterocycles. The summed E-state index contributed by atoms with van der Waals surface area (Å²) in [7, 11) is 1.71. The van der Waals surface area contributed by atoms with Gasteiger partial charge >= 0.3 is 0 Å². The van der Waals surface area contributed by atoms with E-state index in [1.54, 1.807) is 7.11 Å². The highest BCUT2D eigenvalue weighted by Gasteiger charge is 2.07. The van der Waals surface area contributed by atoms with Crippen molar-refractivity contribution in [1.29, 1.82) is 0 Å². The van der Waals surface area contributed by atoms with Gasteiger partial charge in [0.2, 0.25) is 0 Å². The first-order valence-electron chi connectivity index (χ1n) is 6.55. The first-order valence-corrected chi connectivity index (χ1v) is 6.55. The van der Waals surface area contributed by atoms with Crippen LogP contribution in [0.4, 0.5) is 0 Å². The molecule has 0 bridgehead atoms. The number of nitrogens with one attached hydrogen (secondary N) is 1. The number of methoxy groups -OCH3 is 1. The van der Waals surface area contributed by atoms with E-state index in [9.17, 15) is 0 Å². The monoisotopic (exact) mass is 256 g/mol. The molecule has 0 aliphatic carbocycles. The van der Waals surface area contributed by atoms with E-state index in [2.05, 4.69) is 36.3 Å². The lowest BCUT2D eigenvalue weighted by molar-refractivity contribution is 0.408. The predicted octanol–water partition coefficient (Wildman–Crippen LogP) is 3.18. The van der Waals surface area contributed by atoms with Crippen LogP contribution in [0.2, 0.25) is 0 Å². The number of hydrogen-bond acceptors (Lipinski definition) is 3. The molecule has 3 heteroatoms. The van der Waals surface area contributed by atoms with E-state index in [-0.39, 0.29) is 0 Å². The van der Waals surface area contributed by atoms with Crippen LogP contribution in [0.5, 0.6) is 5.75 Å². The van der Waals surface area contributed by atoms with Gasteiger partial charge in [0, 0.05) is 30.1 Å². The summed E-state index contributed by atoms with van der Waals surface area (Å²) in [4.78, 5) is 4.21. The molecule has 0 spiro atoms. The average Bonchev–Trinajstić information content (AvgIpc) is 2.45. The molecule has 0 radical (unpaired) electrons. The van der Waals surface area contributed by atoms with Crippen molar-refractivity contribution in [3.05, 3.63) is 47.8 Å². The number of pyridine rings is 1. The highest BCUT2D eigenvalue weighted by atomic mass is 16.5. The summed E-state index contributed by atoms with van der Waals surface area (Å²) < 4.78 is 5.41. The smallest absolute Gasteiger partial charge is 0.123 e. The molecule has 0 fully saturated rings. The number of nitrogens with zero attached hydrogens (tertiary/aromatic N) is 1. The van der Waals surface area contributed by atoms with Crippen molar-refractivity contribution in [2.45, 2.75) is 20.4 Å². The van der Waals surface area contributed by atoms with Crippen LogP contribution in [0.25, 0.3) is 11.1 Å². The van der Waals surface area contributed by atoms with Crippen LogP contribution in [0.15, 0.2) is 36.7 Å². The Morgan fingerprint density at radius 3 is 2.79 bits per heavy atom. The van der Waals surface area contributed by atoms with E-state index < -0.39 is 0 Å². The molecule has 1 heterocycles. The topological polar surface area (TPSA) is 34.2 Å². The van der Waals surface area contributed by atoms with Crippen LogP contribution in [0.1, 0.15) is 18.1 Å². The van der Waals surface area contributed by atoms with E-state index in [0.717, 1.165) is 18.8 Å². The number of rotatable bonds is 5. The van der Waals surface area contributed by atoms with Crippen molar-refractivity contribution < 1.29 is 4.74 Å². The zero-order chi connectivity index (χ0) is 13.7. The first-order chi connectivity index (χ1) is 9.26. The van der Waals surface area contributed by atoms with Crippen molar-refractivity contribution in [3.8, 4) is 16.9 Å². The Kier molecular flexibility index (Phi) is 4.53. The fourth-order valence-corrected chi connectivity index (χ4v) is 2.11. The Morgan fingerprint density at radius 1 is 1.26 bits per heavy atom. The Morgan fingerprint density at radius 2 is 2.11 bits per heavy atom. The third kappa shape index (κ3) is 3.12. The highest BCUT2D eigenvalue weighted by Crippen LogP contribution is 2.28. The zero-order valence-electron chi connectivity index (χ0n) is 11.7. The fourth-order valence-electron chi connectivity index (χ4n) is 2.11. The Labute approximate surface area is 114 Å². The van der Waals surface area contributed by atoms with Gasteiger partial charge in [-0.1, -0.05) is 13.0 Å². The van der Waals surface area contributed by atoms with Gasteiger partial charge in [-0.15, -0.1) is 0 Å². The molecule has 0 atom stereocenters. The molecule has 0 aliphatic heterocycles. The Balaban J connectivity index is 2.40. The number of ether oxygens (including phenoxy) is 1. The number of aromatic nitrogens is 1. The molecule has 100 valence electrons. The minimum Gasteiger partial charge on any atom is -0.496 e. The van der Waals surface area contributed by atoms with Crippen molar-refractivity contribution in [2.75, 3.05) is 13.7 Å². The molecule has 1 N–H and O–H groups in total. The molecule has 0 aliphatic rings. The molecule has 2 rings (SSSR count). The molecular weight excluding hydrogens is 236 g/mol. The summed E-state index contributed by atoms with van der Waals surface area (Å²) in [6, 6.07) is 8.31. The summed E-state index contributed by atoms with van der Waals surface area (Å²) >= 11 is 0. The molecule has 3 nitrogen and oxygen atoms in total. The lowest BCUT2D eigenvalue weighted by Crippen LogP contribution is -2.12. The lowest BCUT2D eigenvalue weighted by Gasteiger charge is -2.12.